The predicted octanol–water partition coefficient (Wildman–Crippen LogP) is 4.73. The van der Waals surface area contributed by atoms with Gasteiger partial charge >= 0.3 is 0 Å². The van der Waals surface area contributed by atoms with Crippen molar-refractivity contribution in [1.29, 1.82) is 0 Å². The number of nitrogens with one attached hydrogen (secondary N) is 1. The maximum Gasteiger partial charge on any atom is 0.182 e. The summed E-state index contributed by atoms with van der Waals surface area (Å²) < 4.78 is 34.4. The van der Waals surface area contributed by atoms with Gasteiger partial charge in [0.1, 0.15) is 28.7 Å². The summed E-state index contributed by atoms with van der Waals surface area (Å²) in [4.78, 5) is 18.7. The van der Waals surface area contributed by atoms with Crippen LogP contribution in [0, 0.1) is 25.5 Å². The Bertz CT molecular complexity index is 1290. The number of hydrogen-bond donors (Lipinski definition) is 1. The molecule has 0 spiro atoms. The largest absolute Gasteiger partial charge is 0.370 e. The molecule has 7 nitrogen and oxygen atoms in total. The number of H-pyrrole nitrogens is 1. The second-order valence-electron chi connectivity index (χ2n) is 8.26. The van der Waals surface area contributed by atoms with E-state index in [2.05, 4.69) is 20.2 Å². The number of rotatable bonds is 3. The summed E-state index contributed by atoms with van der Waals surface area (Å²) in [6.45, 7) is 5.69. The van der Waals surface area contributed by atoms with Crippen LogP contribution in [-0.2, 0) is 4.74 Å². The van der Waals surface area contributed by atoms with Crippen LogP contribution < -0.4 is 0 Å². The third kappa shape index (κ3) is 3.73. The molecule has 0 radical (unpaired) electrons. The quantitative estimate of drug-likeness (QED) is 0.499. The first kappa shape index (κ1) is 20.6. The molecule has 1 aliphatic heterocycles. The zero-order valence-electron chi connectivity index (χ0n) is 17.9. The van der Waals surface area contributed by atoms with E-state index in [1.165, 1.54) is 12.1 Å². The minimum atomic E-state index is -0.701. The van der Waals surface area contributed by atoms with Crippen molar-refractivity contribution in [3.05, 3.63) is 65.0 Å². The number of halogens is 2. The average Bonchev–Trinajstić information content (AvgIpc) is 3.29. The van der Waals surface area contributed by atoms with Gasteiger partial charge in [-0.2, -0.15) is 5.10 Å². The Morgan fingerprint density at radius 2 is 1.84 bits per heavy atom. The Kier molecular flexibility index (Phi) is 5.13. The minimum Gasteiger partial charge on any atom is -0.370 e. The number of benzene rings is 1. The van der Waals surface area contributed by atoms with Gasteiger partial charge in [0.2, 0.25) is 0 Å². The summed E-state index contributed by atoms with van der Waals surface area (Å²) in [7, 11) is 0. The molecule has 9 heteroatoms. The van der Waals surface area contributed by atoms with Crippen molar-refractivity contribution < 1.29 is 13.5 Å². The maximum absolute atomic E-state index is 14.7. The van der Waals surface area contributed by atoms with Crippen molar-refractivity contribution in [2.24, 2.45) is 0 Å². The number of hydrogen-bond acceptors (Lipinski definition) is 6. The van der Waals surface area contributed by atoms with E-state index in [9.17, 15) is 8.78 Å². The number of aromatic nitrogens is 6. The maximum atomic E-state index is 14.7. The highest BCUT2D eigenvalue weighted by Gasteiger charge is 2.32. The van der Waals surface area contributed by atoms with Gasteiger partial charge in [0, 0.05) is 29.3 Å². The molecule has 1 aromatic carbocycles. The van der Waals surface area contributed by atoms with Crippen molar-refractivity contribution in [3.8, 4) is 11.3 Å². The number of aryl methyl sites for hydroxylation is 2. The monoisotopic (exact) mass is 436 g/mol. The van der Waals surface area contributed by atoms with Gasteiger partial charge in [0.15, 0.2) is 5.65 Å². The summed E-state index contributed by atoms with van der Waals surface area (Å²) in [5, 5.41) is 6.84. The topological polar surface area (TPSA) is 89.5 Å². The minimum absolute atomic E-state index is 0.0233. The SMILES string of the molecule is Cc1nc2nc([C@@H]3C[C@H](C)O[C@@H](c4cn[nH]c4)C3)nc(-c3ccc(F)cc3F)c2nc1C. The van der Waals surface area contributed by atoms with E-state index in [1.54, 1.807) is 6.20 Å². The van der Waals surface area contributed by atoms with Crippen LogP contribution in [0.5, 0.6) is 0 Å². The van der Waals surface area contributed by atoms with Gasteiger partial charge in [0.25, 0.3) is 0 Å². The van der Waals surface area contributed by atoms with E-state index in [0.29, 0.717) is 41.2 Å². The summed E-state index contributed by atoms with van der Waals surface area (Å²) in [5.74, 6) is -0.831. The highest BCUT2D eigenvalue weighted by atomic mass is 19.1. The molecule has 5 rings (SSSR count). The van der Waals surface area contributed by atoms with Crippen molar-refractivity contribution >= 4 is 11.2 Å². The van der Waals surface area contributed by atoms with E-state index in [1.807, 2.05) is 27.0 Å². The molecule has 0 saturated carbocycles. The first-order chi connectivity index (χ1) is 15.4. The highest BCUT2D eigenvalue weighted by Crippen LogP contribution is 2.40. The Labute approximate surface area is 183 Å². The third-order valence-electron chi connectivity index (χ3n) is 5.91. The molecular weight excluding hydrogens is 414 g/mol. The van der Waals surface area contributed by atoms with Crippen LogP contribution >= 0.6 is 0 Å². The number of ether oxygens (including phenoxy) is 1. The van der Waals surface area contributed by atoms with E-state index < -0.39 is 11.6 Å². The molecule has 3 aromatic heterocycles. The van der Waals surface area contributed by atoms with Crippen LogP contribution in [0.15, 0.2) is 30.6 Å². The standard InChI is InChI=1S/C23H22F2N6O/c1-11-6-14(7-19(32-11)15-9-26-27-10-15)22-30-20(17-5-4-16(24)8-18(17)25)21-23(31-22)29-13(3)12(2)28-21/h4-5,8-11,14,19H,6-7H2,1-3H3,(H,26,27)/t11-,14+,19+/m0/s1. The molecule has 1 N–H and O–H groups in total. The van der Waals surface area contributed by atoms with E-state index in [0.717, 1.165) is 17.3 Å². The zero-order valence-corrected chi connectivity index (χ0v) is 17.9. The lowest BCUT2D eigenvalue weighted by Gasteiger charge is -2.33. The fourth-order valence-corrected chi connectivity index (χ4v) is 4.19. The van der Waals surface area contributed by atoms with Crippen molar-refractivity contribution in [3.63, 3.8) is 0 Å². The molecule has 1 saturated heterocycles. The van der Waals surface area contributed by atoms with Crippen molar-refractivity contribution in [1.82, 2.24) is 30.1 Å². The van der Waals surface area contributed by atoms with E-state index in [-0.39, 0.29) is 23.7 Å². The van der Waals surface area contributed by atoms with Gasteiger partial charge in [-0.05, 0) is 45.7 Å². The van der Waals surface area contributed by atoms with Crippen molar-refractivity contribution in [2.45, 2.75) is 51.7 Å². The molecule has 1 fully saturated rings. The van der Waals surface area contributed by atoms with Gasteiger partial charge in [-0.1, -0.05) is 0 Å². The Hall–Kier alpha value is -3.33. The molecule has 0 amide bonds. The second kappa shape index (κ2) is 7.98. The van der Waals surface area contributed by atoms with Gasteiger partial charge in [-0.3, -0.25) is 5.10 Å². The molecule has 4 aromatic rings. The van der Waals surface area contributed by atoms with Crippen molar-refractivity contribution in [2.75, 3.05) is 0 Å². The molecule has 3 atom stereocenters. The van der Waals surface area contributed by atoms with Crippen LogP contribution in [0.2, 0.25) is 0 Å². The Balaban J connectivity index is 1.66. The highest BCUT2D eigenvalue weighted by molar-refractivity contribution is 5.87. The van der Waals surface area contributed by atoms with Gasteiger partial charge in [-0.25, -0.2) is 28.7 Å². The Morgan fingerprint density at radius 1 is 1.03 bits per heavy atom. The lowest BCUT2D eigenvalue weighted by atomic mass is 9.89. The fraction of sp³-hybridized carbons (Fsp3) is 0.348. The van der Waals surface area contributed by atoms with Gasteiger partial charge in [0.05, 0.1) is 29.8 Å². The molecule has 1 aliphatic rings. The number of fused-ring (bicyclic) bond motifs is 1. The second-order valence-corrected chi connectivity index (χ2v) is 8.26. The summed E-state index contributed by atoms with van der Waals surface area (Å²) in [5.41, 5.74) is 3.69. The first-order valence-electron chi connectivity index (χ1n) is 10.5. The molecule has 32 heavy (non-hydrogen) atoms. The number of aromatic amines is 1. The van der Waals surface area contributed by atoms with E-state index in [4.69, 9.17) is 14.7 Å². The lowest BCUT2D eigenvalue weighted by Crippen LogP contribution is -2.26. The number of nitrogens with zero attached hydrogens (tertiary/aromatic N) is 5. The molecule has 0 unspecified atom stereocenters. The zero-order chi connectivity index (χ0) is 22.4. The summed E-state index contributed by atoms with van der Waals surface area (Å²) >= 11 is 0. The molecular formula is C23H22F2N6O. The van der Waals surface area contributed by atoms with Gasteiger partial charge in [-0.15, -0.1) is 0 Å². The normalized spacial score (nSPS) is 21.2. The molecule has 0 aliphatic carbocycles. The van der Waals surface area contributed by atoms with Gasteiger partial charge < -0.3 is 4.74 Å². The molecule has 0 bridgehead atoms. The Morgan fingerprint density at radius 3 is 2.59 bits per heavy atom. The van der Waals surface area contributed by atoms with E-state index >= 15 is 0 Å². The third-order valence-corrected chi connectivity index (χ3v) is 5.91. The smallest absolute Gasteiger partial charge is 0.182 e. The predicted molar refractivity (Wildman–Crippen MR) is 114 cm³/mol. The molecule has 4 heterocycles. The summed E-state index contributed by atoms with van der Waals surface area (Å²) in [6, 6.07) is 3.45. The molecule has 164 valence electrons. The fourth-order valence-electron chi connectivity index (χ4n) is 4.19. The van der Waals surface area contributed by atoms with Crippen LogP contribution in [0.3, 0.4) is 0 Å². The van der Waals surface area contributed by atoms with Crippen LogP contribution in [-0.4, -0.2) is 36.2 Å². The lowest BCUT2D eigenvalue weighted by molar-refractivity contribution is -0.0511. The summed E-state index contributed by atoms with van der Waals surface area (Å²) in [6.07, 6.45) is 4.75. The average molecular weight is 436 g/mol. The van der Waals surface area contributed by atoms with Crippen LogP contribution in [0.25, 0.3) is 22.4 Å². The first-order valence-corrected chi connectivity index (χ1v) is 10.5. The van der Waals surface area contributed by atoms with Crippen LogP contribution in [0.4, 0.5) is 8.78 Å². The van der Waals surface area contributed by atoms with Crippen LogP contribution in [0.1, 0.15) is 54.6 Å².